The van der Waals surface area contributed by atoms with Crippen molar-refractivity contribution in [3.63, 3.8) is 0 Å². The Morgan fingerprint density at radius 2 is 2.00 bits per heavy atom. The molecule has 2 N–H and O–H groups in total. The zero-order chi connectivity index (χ0) is 15.0. The van der Waals surface area contributed by atoms with Crippen molar-refractivity contribution in [2.45, 2.75) is 6.29 Å². The minimum Gasteiger partial charge on any atom is -0.395 e. The van der Waals surface area contributed by atoms with Crippen LogP contribution < -0.4 is 20.1 Å². The molecule has 21 heavy (non-hydrogen) atoms. The molecule has 2 heterocycles. The Labute approximate surface area is 126 Å². The molecule has 0 spiro atoms. The Bertz CT molecular complexity index is 699. The minimum absolute atomic E-state index is 0.0109. The van der Waals surface area contributed by atoms with Crippen LogP contribution in [-0.4, -0.2) is 23.3 Å². The smallest absolute Gasteiger partial charge is 0.395 e. The van der Waals surface area contributed by atoms with Gasteiger partial charge in [0.25, 0.3) is 0 Å². The minimum atomic E-state index is -3.63. The lowest BCUT2D eigenvalue weighted by atomic mass is 10.3. The number of alkyl halides is 2. The molecule has 1 aromatic heterocycles. The van der Waals surface area contributed by atoms with Crippen LogP contribution in [0.5, 0.6) is 11.5 Å². The molecule has 9 heteroatoms. The fraction of sp³-hybridized carbons (Fsp3) is 0.167. The van der Waals surface area contributed by atoms with Crippen LogP contribution in [0.4, 0.5) is 26.2 Å². The molecule has 0 radical (unpaired) electrons. The first-order valence-electron chi connectivity index (χ1n) is 5.84. The average molecular weight is 359 g/mol. The van der Waals surface area contributed by atoms with Gasteiger partial charge in [-0.05, 0) is 28.1 Å². The first-order chi connectivity index (χ1) is 9.97. The molecule has 0 amide bonds. The summed E-state index contributed by atoms with van der Waals surface area (Å²) in [7, 11) is 1.69. The summed E-state index contributed by atoms with van der Waals surface area (Å²) in [5, 5.41) is 5.79. The summed E-state index contributed by atoms with van der Waals surface area (Å²) in [5.74, 6) is 0.861. The van der Waals surface area contributed by atoms with Gasteiger partial charge in [0, 0.05) is 25.0 Å². The van der Waals surface area contributed by atoms with Gasteiger partial charge in [0.1, 0.15) is 5.82 Å². The Balaban J connectivity index is 1.87. The molecule has 0 aliphatic carbocycles. The van der Waals surface area contributed by atoms with Gasteiger partial charge in [0.15, 0.2) is 11.5 Å². The van der Waals surface area contributed by atoms with Gasteiger partial charge in [-0.15, -0.1) is 8.78 Å². The third kappa shape index (κ3) is 2.82. The van der Waals surface area contributed by atoms with Crippen LogP contribution in [-0.2, 0) is 0 Å². The van der Waals surface area contributed by atoms with Crippen molar-refractivity contribution in [2.75, 3.05) is 17.7 Å². The third-order valence-electron chi connectivity index (χ3n) is 2.63. The molecule has 2 aromatic rings. The van der Waals surface area contributed by atoms with E-state index in [4.69, 9.17) is 0 Å². The molecular weight excluding hydrogens is 350 g/mol. The summed E-state index contributed by atoms with van der Waals surface area (Å²) in [5.41, 5.74) is 0.525. The van der Waals surface area contributed by atoms with Crippen molar-refractivity contribution in [3.8, 4) is 11.5 Å². The van der Waals surface area contributed by atoms with Gasteiger partial charge in [-0.1, -0.05) is 0 Å². The van der Waals surface area contributed by atoms with Gasteiger partial charge in [-0.25, -0.2) is 4.98 Å². The zero-order valence-corrected chi connectivity index (χ0v) is 12.2. The summed E-state index contributed by atoms with van der Waals surface area (Å²) in [4.78, 5) is 8.23. The van der Waals surface area contributed by atoms with Crippen LogP contribution in [0.2, 0.25) is 0 Å². The maximum absolute atomic E-state index is 13.0. The van der Waals surface area contributed by atoms with Crippen LogP contribution in [0.15, 0.2) is 28.9 Å². The van der Waals surface area contributed by atoms with Gasteiger partial charge in [0.05, 0.1) is 4.47 Å². The summed E-state index contributed by atoms with van der Waals surface area (Å²) in [6, 6.07) is 4.38. The number of fused-ring (bicyclic) bond motifs is 1. The van der Waals surface area contributed by atoms with E-state index in [1.165, 1.54) is 12.1 Å². The van der Waals surface area contributed by atoms with Gasteiger partial charge >= 0.3 is 6.29 Å². The number of nitrogens with one attached hydrogen (secondary N) is 2. The fourth-order valence-corrected chi connectivity index (χ4v) is 2.03. The Morgan fingerprint density at radius 3 is 2.76 bits per heavy atom. The van der Waals surface area contributed by atoms with E-state index in [1.807, 2.05) is 0 Å². The highest BCUT2D eigenvalue weighted by Crippen LogP contribution is 2.42. The Kier molecular flexibility index (Phi) is 3.28. The van der Waals surface area contributed by atoms with Crippen molar-refractivity contribution in [3.05, 3.63) is 28.9 Å². The summed E-state index contributed by atoms with van der Waals surface area (Å²) in [6.07, 6.45) is -2.06. The second kappa shape index (κ2) is 4.99. The fourth-order valence-electron chi connectivity index (χ4n) is 1.74. The lowest BCUT2D eigenvalue weighted by Gasteiger charge is -2.09. The molecule has 0 saturated heterocycles. The highest BCUT2D eigenvalue weighted by Gasteiger charge is 2.43. The third-order valence-corrected chi connectivity index (χ3v) is 3.21. The number of benzene rings is 1. The van der Waals surface area contributed by atoms with Crippen molar-refractivity contribution < 1.29 is 18.3 Å². The monoisotopic (exact) mass is 358 g/mol. The van der Waals surface area contributed by atoms with E-state index in [-0.39, 0.29) is 11.5 Å². The Morgan fingerprint density at radius 1 is 1.24 bits per heavy atom. The highest BCUT2D eigenvalue weighted by atomic mass is 79.9. The van der Waals surface area contributed by atoms with Crippen LogP contribution in [0.1, 0.15) is 0 Å². The van der Waals surface area contributed by atoms with Crippen molar-refractivity contribution in [1.82, 2.24) is 9.97 Å². The lowest BCUT2D eigenvalue weighted by molar-refractivity contribution is -0.286. The van der Waals surface area contributed by atoms with Gasteiger partial charge in [0.2, 0.25) is 5.95 Å². The van der Waals surface area contributed by atoms with E-state index >= 15 is 0 Å². The molecule has 1 aliphatic rings. The number of rotatable bonds is 3. The van der Waals surface area contributed by atoms with Gasteiger partial charge in [-0.2, -0.15) is 4.98 Å². The van der Waals surface area contributed by atoms with Crippen molar-refractivity contribution >= 4 is 33.4 Å². The summed E-state index contributed by atoms with van der Waals surface area (Å²) >= 11 is 3.31. The van der Waals surface area contributed by atoms with Gasteiger partial charge < -0.3 is 20.1 Å². The molecule has 110 valence electrons. The Hall–Kier alpha value is -2.16. The topological polar surface area (TPSA) is 68.3 Å². The number of nitrogens with zero attached hydrogens (tertiary/aromatic N) is 2. The second-order valence-corrected chi connectivity index (χ2v) is 4.95. The molecule has 0 atom stereocenters. The van der Waals surface area contributed by atoms with E-state index in [0.29, 0.717) is 21.9 Å². The predicted octanol–water partition coefficient (Wildman–Crippen LogP) is 3.35. The predicted molar refractivity (Wildman–Crippen MR) is 75.2 cm³/mol. The second-order valence-electron chi connectivity index (χ2n) is 4.09. The molecule has 6 nitrogen and oxygen atoms in total. The van der Waals surface area contributed by atoms with E-state index in [9.17, 15) is 8.78 Å². The van der Waals surface area contributed by atoms with Crippen LogP contribution in [0.25, 0.3) is 0 Å². The van der Waals surface area contributed by atoms with E-state index < -0.39 is 6.29 Å². The van der Waals surface area contributed by atoms with Crippen LogP contribution in [0.3, 0.4) is 0 Å². The highest BCUT2D eigenvalue weighted by molar-refractivity contribution is 9.10. The first kappa shape index (κ1) is 13.8. The molecule has 0 bridgehead atoms. The number of hydrogen-bond acceptors (Lipinski definition) is 6. The first-order valence-corrected chi connectivity index (χ1v) is 6.63. The molecule has 1 aliphatic heterocycles. The standard InChI is InChI=1S/C12H9BrF2N4O2/c1-16-11-17-5-7(13)10(19-11)18-6-2-3-8-9(4-6)21-12(14,15)20-8/h2-5H,1H3,(H2,16,17,18,19). The van der Waals surface area contributed by atoms with Crippen LogP contribution >= 0.6 is 15.9 Å². The SMILES string of the molecule is CNc1ncc(Br)c(Nc2ccc3c(c2)OC(F)(F)O3)n1. The zero-order valence-electron chi connectivity index (χ0n) is 10.7. The van der Waals surface area contributed by atoms with Crippen molar-refractivity contribution in [2.24, 2.45) is 0 Å². The van der Waals surface area contributed by atoms with Crippen molar-refractivity contribution in [1.29, 1.82) is 0 Å². The lowest BCUT2D eigenvalue weighted by Crippen LogP contribution is -2.25. The average Bonchev–Trinajstić information content (AvgIpc) is 2.74. The molecule has 3 rings (SSSR count). The number of ether oxygens (including phenoxy) is 2. The molecular formula is C12H9BrF2N4O2. The number of anilines is 3. The largest absolute Gasteiger partial charge is 0.586 e. The van der Waals surface area contributed by atoms with Gasteiger partial charge in [-0.3, -0.25) is 0 Å². The number of aromatic nitrogens is 2. The molecule has 1 aromatic carbocycles. The molecule has 0 fully saturated rings. The number of halogens is 3. The normalized spacial score (nSPS) is 14.9. The maximum Gasteiger partial charge on any atom is 0.586 e. The molecule has 0 unspecified atom stereocenters. The number of hydrogen-bond donors (Lipinski definition) is 2. The maximum atomic E-state index is 13.0. The van der Waals surface area contributed by atoms with E-state index in [0.717, 1.165) is 0 Å². The summed E-state index contributed by atoms with van der Waals surface area (Å²) in [6.45, 7) is 0. The summed E-state index contributed by atoms with van der Waals surface area (Å²) < 4.78 is 35.3. The van der Waals surface area contributed by atoms with E-state index in [2.05, 4.69) is 46.0 Å². The quantitative estimate of drug-likeness (QED) is 0.876. The van der Waals surface area contributed by atoms with E-state index in [1.54, 1.807) is 19.3 Å². The molecule has 0 saturated carbocycles. The van der Waals surface area contributed by atoms with Crippen LogP contribution in [0, 0.1) is 0 Å².